The summed E-state index contributed by atoms with van der Waals surface area (Å²) in [7, 11) is 0. The number of thiocarbonyl (C=S) groups is 1. The van der Waals surface area contributed by atoms with Gasteiger partial charge in [0.05, 0.1) is 12.6 Å². The second-order valence-corrected chi connectivity index (χ2v) is 2.48. The third kappa shape index (κ3) is 1.80. The van der Waals surface area contributed by atoms with E-state index >= 15 is 0 Å². The number of hydrogen-bond acceptors (Lipinski definition) is 2. The van der Waals surface area contributed by atoms with Gasteiger partial charge in [0.15, 0.2) is 5.11 Å². The Labute approximate surface area is 59.4 Å². The molecule has 9 heavy (non-hydrogen) atoms. The number of hydrogen-bond donors (Lipinski definition) is 3. The zero-order chi connectivity index (χ0) is 6.69. The first-order chi connectivity index (χ1) is 4.33. The van der Waals surface area contributed by atoms with Crippen molar-refractivity contribution in [2.45, 2.75) is 12.5 Å². The lowest BCUT2D eigenvalue weighted by atomic mass is 10.2. The second-order valence-electron chi connectivity index (χ2n) is 2.07. The van der Waals surface area contributed by atoms with Crippen molar-refractivity contribution in [3.05, 3.63) is 0 Å². The third-order valence-corrected chi connectivity index (χ3v) is 1.60. The summed E-state index contributed by atoms with van der Waals surface area (Å²) in [5.41, 5.74) is 0. The molecule has 1 atom stereocenters. The molecule has 1 saturated heterocycles. The van der Waals surface area contributed by atoms with Crippen molar-refractivity contribution in [1.29, 1.82) is 0 Å². The summed E-state index contributed by atoms with van der Waals surface area (Å²) < 4.78 is 0. The highest BCUT2D eigenvalue weighted by Gasteiger charge is 2.12. The first-order valence-electron chi connectivity index (χ1n) is 2.98. The second kappa shape index (κ2) is 2.98. The summed E-state index contributed by atoms with van der Waals surface area (Å²) in [5.74, 6) is 0. The molecule has 1 aliphatic rings. The number of nitrogens with one attached hydrogen (secondary N) is 2. The molecule has 3 N–H and O–H groups in total. The molecule has 3 nitrogen and oxygen atoms in total. The van der Waals surface area contributed by atoms with Crippen LogP contribution >= 0.6 is 12.2 Å². The van der Waals surface area contributed by atoms with E-state index in [9.17, 15) is 0 Å². The van der Waals surface area contributed by atoms with E-state index in [0.717, 1.165) is 13.0 Å². The predicted molar refractivity (Wildman–Crippen MR) is 39.2 cm³/mol. The fourth-order valence-electron chi connectivity index (χ4n) is 0.805. The fraction of sp³-hybridized carbons (Fsp3) is 0.800. The van der Waals surface area contributed by atoms with E-state index in [1.54, 1.807) is 0 Å². The van der Waals surface area contributed by atoms with Gasteiger partial charge in [-0.15, -0.1) is 0 Å². The molecule has 1 heterocycles. The predicted octanol–water partition coefficient (Wildman–Crippen LogP) is -0.785. The van der Waals surface area contributed by atoms with Crippen LogP contribution in [0, 0.1) is 0 Å². The van der Waals surface area contributed by atoms with Gasteiger partial charge in [-0.25, -0.2) is 0 Å². The highest BCUT2D eigenvalue weighted by atomic mass is 32.1. The molecule has 1 aliphatic heterocycles. The molecule has 0 aromatic heterocycles. The maximum atomic E-state index is 8.66. The van der Waals surface area contributed by atoms with Crippen LogP contribution in [-0.2, 0) is 0 Å². The Morgan fingerprint density at radius 2 is 2.56 bits per heavy atom. The SMILES string of the molecule is OC[C@@H]1CCNC(=S)N1. The smallest absolute Gasteiger partial charge is 0.166 e. The Bertz CT molecular complexity index is 118. The summed E-state index contributed by atoms with van der Waals surface area (Å²) in [4.78, 5) is 0. The Balaban J connectivity index is 2.32. The van der Waals surface area contributed by atoms with Gasteiger partial charge in [0.1, 0.15) is 0 Å². The van der Waals surface area contributed by atoms with Crippen molar-refractivity contribution in [3.63, 3.8) is 0 Å². The van der Waals surface area contributed by atoms with Gasteiger partial charge in [-0.3, -0.25) is 0 Å². The third-order valence-electron chi connectivity index (χ3n) is 1.33. The van der Waals surface area contributed by atoms with E-state index in [-0.39, 0.29) is 12.6 Å². The zero-order valence-electron chi connectivity index (χ0n) is 5.05. The lowest BCUT2D eigenvalue weighted by Gasteiger charge is -2.24. The quantitative estimate of drug-likeness (QED) is 0.424. The first kappa shape index (κ1) is 6.77. The average molecular weight is 146 g/mol. The molecule has 0 aromatic carbocycles. The normalized spacial score (nSPS) is 26.8. The lowest BCUT2D eigenvalue weighted by Crippen LogP contribution is -2.50. The van der Waals surface area contributed by atoms with Gasteiger partial charge < -0.3 is 15.7 Å². The Hall–Kier alpha value is -0.350. The molecule has 0 aromatic rings. The standard InChI is InChI=1S/C5H10N2OS/c8-3-4-1-2-6-5(9)7-4/h4,8H,1-3H2,(H2,6,7,9)/t4-/m0/s1. The molecule has 52 valence electrons. The summed E-state index contributed by atoms with van der Waals surface area (Å²) >= 11 is 4.82. The molecule has 0 aliphatic carbocycles. The highest BCUT2D eigenvalue weighted by molar-refractivity contribution is 7.80. The van der Waals surface area contributed by atoms with Crippen LogP contribution in [0.1, 0.15) is 6.42 Å². The molecular formula is C5H10N2OS. The maximum absolute atomic E-state index is 8.66. The van der Waals surface area contributed by atoms with E-state index in [4.69, 9.17) is 17.3 Å². The highest BCUT2D eigenvalue weighted by Crippen LogP contribution is 1.93. The van der Waals surface area contributed by atoms with Crippen molar-refractivity contribution in [3.8, 4) is 0 Å². The molecule has 0 radical (unpaired) electrons. The van der Waals surface area contributed by atoms with E-state index < -0.39 is 0 Å². The average Bonchev–Trinajstić information content (AvgIpc) is 1.88. The molecule has 0 spiro atoms. The largest absolute Gasteiger partial charge is 0.394 e. The van der Waals surface area contributed by atoms with Crippen LogP contribution in [0.5, 0.6) is 0 Å². The van der Waals surface area contributed by atoms with Crippen molar-refractivity contribution >= 4 is 17.3 Å². The zero-order valence-corrected chi connectivity index (χ0v) is 5.87. The van der Waals surface area contributed by atoms with Gasteiger partial charge in [0, 0.05) is 6.54 Å². The van der Waals surface area contributed by atoms with Crippen LogP contribution in [-0.4, -0.2) is 29.4 Å². The van der Waals surface area contributed by atoms with Crippen LogP contribution in [0.15, 0.2) is 0 Å². The van der Waals surface area contributed by atoms with Gasteiger partial charge >= 0.3 is 0 Å². The maximum Gasteiger partial charge on any atom is 0.166 e. The minimum Gasteiger partial charge on any atom is -0.394 e. The number of aliphatic hydroxyl groups excluding tert-OH is 1. The Kier molecular flexibility index (Phi) is 2.24. The van der Waals surface area contributed by atoms with Crippen molar-refractivity contribution < 1.29 is 5.11 Å². The van der Waals surface area contributed by atoms with E-state index in [1.165, 1.54) is 0 Å². The molecule has 1 rings (SSSR count). The van der Waals surface area contributed by atoms with E-state index in [2.05, 4.69) is 10.6 Å². The van der Waals surface area contributed by atoms with Crippen LogP contribution in [0.3, 0.4) is 0 Å². The summed E-state index contributed by atoms with van der Waals surface area (Å²) in [6, 6.07) is 0.166. The summed E-state index contributed by atoms with van der Waals surface area (Å²) in [5, 5.41) is 15.2. The van der Waals surface area contributed by atoms with Crippen LogP contribution in [0.2, 0.25) is 0 Å². The molecule has 4 heteroatoms. The molecule has 0 bridgehead atoms. The Morgan fingerprint density at radius 1 is 1.78 bits per heavy atom. The number of rotatable bonds is 1. The summed E-state index contributed by atoms with van der Waals surface area (Å²) in [6.45, 7) is 1.04. The van der Waals surface area contributed by atoms with Gasteiger partial charge in [-0.05, 0) is 18.6 Å². The lowest BCUT2D eigenvalue weighted by molar-refractivity contribution is 0.244. The molecule has 0 unspecified atom stereocenters. The van der Waals surface area contributed by atoms with Gasteiger partial charge in [-0.1, -0.05) is 0 Å². The molecular weight excluding hydrogens is 136 g/mol. The van der Waals surface area contributed by atoms with Crippen molar-refractivity contribution in [2.75, 3.05) is 13.2 Å². The fourth-order valence-corrected chi connectivity index (χ4v) is 1.07. The van der Waals surface area contributed by atoms with Gasteiger partial charge in [-0.2, -0.15) is 0 Å². The molecule has 1 fully saturated rings. The van der Waals surface area contributed by atoms with Crippen LogP contribution in [0.4, 0.5) is 0 Å². The molecule has 0 amide bonds. The number of aliphatic hydroxyl groups is 1. The minimum absolute atomic E-state index is 0.166. The monoisotopic (exact) mass is 146 g/mol. The first-order valence-corrected chi connectivity index (χ1v) is 3.39. The van der Waals surface area contributed by atoms with E-state index in [0.29, 0.717) is 5.11 Å². The van der Waals surface area contributed by atoms with E-state index in [1.807, 2.05) is 0 Å². The Morgan fingerprint density at radius 3 is 3.00 bits per heavy atom. The summed E-state index contributed by atoms with van der Waals surface area (Å²) in [6.07, 6.45) is 0.941. The minimum atomic E-state index is 0.166. The topological polar surface area (TPSA) is 44.3 Å². The van der Waals surface area contributed by atoms with Crippen molar-refractivity contribution in [1.82, 2.24) is 10.6 Å². The van der Waals surface area contributed by atoms with Gasteiger partial charge in [0.25, 0.3) is 0 Å². The molecule has 0 saturated carbocycles. The van der Waals surface area contributed by atoms with Crippen LogP contribution in [0.25, 0.3) is 0 Å². The van der Waals surface area contributed by atoms with Gasteiger partial charge in [0.2, 0.25) is 0 Å². The van der Waals surface area contributed by atoms with Crippen molar-refractivity contribution in [2.24, 2.45) is 0 Å². The van der Waals surface area contributed by atoms with Crippen LogP contribution < -0.4 is 10.6 Å².